The van der Waals surface area contributed by atoms with E-state index < -0.39 is 17.6 Å². The summed E-state index contributed by atoms with van der Waals surface area (Å²) in [6.45, 7) is 3.99. The number of ether oxygens (including phenoxy) is 1. The summed E-state index contributed by atoms with van der Waals surface area (Å²) in [5, 5.41) is 12.0. The molecule has 1 atom stereocenters. The van der Waals surface area contributed by atoms with Gasteiger partial charge in [-0.1, -0.05) is 0 Å². The average Bonchev–Trinajstić information content (AvgIpc) is 2.27. The van der Waals surface area contributed by atoms with Crippen molar-refractivity contribution in [2.45, 2.75) is 26.4 Å². The Morgan fingerprint density at radius 2 is 2.21 bits per heavy atom. The third-order valence-corrected chi connectivity index (χ3v) is 2.71. The van der Waals surface area contributed by atoms with Crippen molar-refractivity contribution in [3.8, 4) is 0 Å². The first-order chi connectivity index (χ1) is 8.95. The number of aliphatic hydroxyl groups is 1. The molecule has 0 aromatic carbocycles. The number of rotatable bonds is 6. The summed E-state index contributed by atoms with van der Waals surface area (Å²) in [5.74, 6) is -0.427. The summed E-state index contributed by atoms with van der Waals surface area (Å²) >= 11 is 0. The van der Waals surface area contributed by atoms with Crippen LogP contribution in [0.15, 0.2) is 10.9 Å². The summed E-state index contributed by atoms with van der Waals surface area (Å²) < 4.78 is 4.78. The standard InChI is InChI=1S/C13H20N2O4/c1-8-6-9(2)15-13(18)11(8)12(17)14-5-4-10(16)7-19-3/h6,10,16H,4-5,7H2,1-3H3,(H,14,17)(H,15,18). The average molecular weight is 268 g/mol. The molecule has 6 nitrogen and oxygen atoms in total. The molecule has 0 aliphatic carbocycles. The van der Waals surface area contributed by atoms with Crippen LogP contribution in [-0.4, -0.2) is 42.4 Å². The lowest BCUT2D eigenvalue weighted by Crippen LogP contribution is -2.33. The van der Waals surface area contributed by atoms with Crippen molar-refractivity contribution in [1.82, 2.24) is 10.3 Å². The minimum atomic E-state index is -0.623. The van der Waals surface area contributed by atoms with Gasteiger partial charge in [-0.3, -0.25) is 9.59 Å². The fraction of sp³-hybridized carbons (Fsp3) is 0.538. The van der Waals surface area contributed by atoms with Gasteiger partial charge in [0.2, 0.25) is 0 Å². The summed E-state index contributed by atoms with van der Waals surface area (Å²) in [5.41, 5.74) is 1.07. The minimum Gasteiger partial charge on any atom is -0.391 e. The van der Waals surface area contributed by atoms with Crippen LogP contribution in [0.4, 0.5) is 0 Å². The number of aromatic amines is 1. The number of carbonyl (C=O) groups is 1. The zero-order valence-electron chi connectivity index (χ0n) is 11.4. The van der Waals surface area contributed by atoms with Crippen molar-refractivity contribution < 1.29 is 14.6 Å². The molecule has 0 saturated carbocycles. The van der Waals surface area contributed by atoms with Crippen molar-refractivity contribution in [3.63, 3.8) is 0 Å². The van der Waals surface area contributed by atoms with Gasteiger partial charge in [0, 0.05) is 19.3 Å². The van der Waals surface area contributed by atoms with Crippen LogP contribution < -0.4 is 10.9 Å². The van der Waals surface area contributed by atoms with Gasteiger partial charge in [-0.15, -0.1) is 0 Å². The van der Waals surface area contributed by atoms with Crippen LogP contribution in [0.1, 0.15) is 28.0 Å². The van der Waals surface area contributed by atoms with Crippen LogP contribution in [0, 0.1) is 13.8 Å². The number of hydrogen-bond acceptors (Lipinski definition) is 4. The van der Waals surface area contributed by atoms with E-state index in [1.54, 1.807) is 19.9 Å². The number of carbonyl (C=O) groups excluding carboxylic acids is 1. The van der Waals surface area contributed by atoms with Gasteiger partial charge in [0.15, 0.2) is 0 Å². The van der Waals surface area contributed by atoms with Crippen LogP contribution in [0.5, 0.6) is 0 Å². The molecule has 1 amide bonds. The number of aliphatic hydroxyl groups excluding tert-OH is 1. The molecule has 1 aromatic rings. The molecule has 1 aromatic heterocycles. The molecule has 6 heteroatoms. The summed E-state index contributed by atoms with van der Waals surface area (Å²) in [6, 6.07) is 1.75. The maximum absolute atomic E-state index is 11.9. The fourth-order valence-corrected chi connectivity index (χ4v) is 1.85. The first kappa shape index (κ1) is 15.4. The van der Waals surface area contributed by atoms with Gasteiger partial charge >= 0.3 is 0 Å². The number of pyridine rings is 1. The normalized spacial score (nSPS) is 12.2. The summed E-state index contributed by atoms with van der Waals surface area (Å²) in [6.07, 6.45) is -0.245. The second-order valence-electron chi connectivity index (χ2n) is 4.49. The van der Waals surface area contributed by atoms with Gasteiger partial charge in [0.1, 0.15) is 5.56 Å². The van der Waals surface area contributed by atoms with Crippen LogP contribution >= 0.6 is 0 Å². The topological polar surface area (TPSA) is 91.4 Å². The molecule has 0 fully saturated rings. The first-order valence-corrected chi connectivity index (χ1v) is 6.11. The van der Waals surface area contributed by atoms with Crippen LogP contribution in [0.2, 0.25) is 0 Å². The molecule has 3 N–H and O–H groups in total. The second kappa shape index (κ2) is 7.06. The Morgan fingerprint density at radius 3 is 2.79 bits per heavy atom. The van der Waals surface area contributed by atoms with Gasteiger partial charge in [0.05, 0.1) is 12.7 Å². The SMILES string of the molecule is COCC(O)CCNC(=O)c1c(C)cc(C)[nH]c1=O. The molecular weight excluding hydrogens is 248 g/mol. The number of amides is 1. The smallest absolute Gasteiger partial charge is 0.261 e. The molecule has 0 aliphatic heterocycles. The molecule has 0 radical (unpaired) electrons. The van der Waals surface area contributed by atoms with E-state index in [2.05, 4.69) is 10.3 Å². The molecule has 1 heterocycles. The Balaban J connectivity index is 2.62. The van der Waals surface area contributed by atoms with E-state index in [9.17, 15) is 14.7 Å². The highest BCUT2D eigenvalue weighted by molar-refractivity contribution is 5.95. The van der Waals surface area contributed by atoms with Gasteiger partial charge < -0.3 is 20.1 Å². The maximum Gasteiger partial charge on any atom is 0.261 e. The number of H-pyrrole nitrogens is 1. The predicted octanol–water partition coefficient (Wildman–Crippen LogP) is 0.119. The van der Waals surface area contributed by atoms with E-state index in [1.807, 2.05) is 0 Å². The lowest BCUT2D eigenvalue weighted by atomic mass is 10.1. The van der Waals surface area contributed by atoms with E-state index in [1.165, 1.54) is 7.11 Å². The molecule has 0 bridgehead atoms. The molecule has 1 rings (SSSR count). The monoisotopic (exact) mass is 268 g/mol. The Hall–Kier alpha value is -1.66. The quantitative estimate of drug-likeness (QED) is 0.683. The highest BCUT2D eigenvalue weighted by Crippen LogP contribution is 2.03. The largest absolute Gasteiger partial charge is 0.391 e. The van der Waals surface area contributed by atoms with E-state index in [0.29, 0.717) is 12.0 Å². The molecule has 0 saturated heterocycles. The van der Waals surface area contributed by atoms with Gasteiger partial charge in [-0.05, 0) is 31.9 Å². The Labute approximate surface area is 111 Å². The Morgan fingerprint density at radius 1 is 1.53 bits per heavy atom. The van der Waals surface area contributed by atoms with Gasteiger partial charge in [-0.25, -0.2) is 0 Å². The van der Waals surface area contributed by atoms with Gasteiger partial charge in [-0.2, -0.15) is 0 Å². The molecule has 106 valence electrons. The molecule has 0 aliphatic rings. The predicted molar refractivity (Wildman–Crippen MR) is 71.4 cm³/mol. The number of aryl methyl sites for hydroxylation is 2. The summed E-state index contributed by atoms with van der Waals surface area (Å²) in [4.78, 5) is 26.2. The molecule has 19 heavy (non-hydrogen) atoms. The second-order valence-corrected chi connectivity index (χ2v) is 4.49. The Kier molecular flexibility index (Phi) is 5.72. The van der Waals surface area contributed by atoms with Crippen LogP contribution in [0.3, 0.4) is 0 Å². The third-order valence-electron chi connectivity index (χ3n) is 2.71. The van der Waals surface area contributed by atoms with E-state index in [4.69, 9.17) is 4.74 Å². The van der Waals surface area contributed by atoms with Crippen LogP contribution in [-0.2, 0) is 4.74 Å². The van der Waals surface area contributed by atoms with E-state index in [-0.39, 0.29) is 18.7 Å². The number of aromatic nitrogens is 1. The highest BCUT2D eigenvalue weighted by atomic mass is 16.5. The zero-order valence-corrected chi connectivity index (χ0v) is 11.4. The lowest BCUT2D eigenvalue weighted by molar-refractivity contribution is 0.0587. The highest BCUT2D eigenvalue weighted by Gasteiger charge is 2.14. The minimum absolute atomic E-state index is 0.117. The van der Waals surface area contributed by atoms with Crippen molar-refractivity contribution in [2.24, 2.45) is 0 Å². The number of nitrogens with one attached hydrogen (secondary N) is 2. The molecule has 0 spiro atoms. The van der Waals surface area contributed by atoms with E-state index in [0.717, 1.165) is 5.69 Å². The van der Waals surface area contributed by atoms with Gasteiger partial charge in [0.25, 0.3) is 11.5 Å². The molecular formula is C13H20N2O4. The molecule has 1 unspecified atom stereocenters. The number of methoxy groups -OCH3 is 1. The number of hydrogen-bond donors (Lipinski definition) is 3. The third kappa shape index (κ3) is 4.50. The van der Waals surface area contributed by atoms with Crippen molar-refractivity contribution in [2.75, 3.05) is 20.3 Å². The van der Waals surface area contributed by atoms with E-state index >= 15 is 0 Å². The fourth-order valence-electron chi connectivity index (χ4n) is 1.85. The van der Waals surface area contributed by atoms with Crippen molar-refractivity contribution in [1.29, 1.82) is 0 Å². The Bertz CT molecular complexity index is 496. The van der Waals surface area contributed by atoms with Crippen molar-refractivity contribution >= 4 is 5.91 Å². The van der Waals surface area contributed by atoms with Crippen molar-refractivity contribution in [3.05, 3.63) is 33.2 Å². The van der Waals surface area contributed by atoms with Crippen LogP contribution in [0.25, 0.3) is 0 Å². The first-order valence-electron chi connectivity index (χ1n) is 6.11. The maximum atomic E-state index is 11.9. The zero-order chi connectivity index (χ0) is 14.4. The summed E-state index contributed by atoms with van der Waals surface area (Å²) in [7, 11) is 1.50. The lowest BCUT2D eigenvalue weighted by Gasteiger charge is -2.11.